The molecule has 4 N–H and O–H groups in total. The predicted molar refractivity (Wildman–Crippen MR) is 203 cm³/mol. The van der Waals surface area contributed by atoms with Crippen LogP contribution >= 0.6 is 0 Å². The number of benzene rings is 2. The molecule has 2 amide bonds. The number of nitrogen functional groups attached to an aromatic ring is 1. The van der Waals surface area contributed by atoms with Gasteiger partial charge in [-0.1, -0.05) is 0 Å². The van der Waals surface area contributed by atoms with E-state index in [1.165, 1.54) is 94.2 Å². The highest BCUT2D eigenvalue weighted by Crippen LogP contribution is 2.25. The first-order valence-electron chi connectivity index (χ1n) is 16.5. The number of amides is 2. The van der Waals surface area contributed by atoms with E-state index in [9.17, 15) is 35.2 Å². The van der Waals surface area contributed by atoms with E-state index in [4.69, 9.17) is 15.2 Å². The Morgan fingerprint density at radius 3 is 1.70 bits per heavy atom. The highest BCUT2D eigenvalue weighted by atomic mass is 32.2. The number of carbonyl (C=O) groups excluding carboxylic acids is 2. The van der Waals surface area contributed by atoms with E-state index in [0.29, 0.717) is 17.1 Å². The molecule has 0 spiro atoms. The van der Waals surface area contributed by atoms with Gasteiger partial charge in [-0.05, 0) is 36.4 Å². The van der Waals surface area contributed by atoms with Gasteiger partial charge in [-0.25, -0.2) is 18.4 Å². The van der Waals surface area contributed by atoms with Crippen molar-refractivity contribution in [3.63, 3.8) is 0 Å². The zero-order valence-electron chi connectivity index (χ0n) is 30.6. The maximum absolute atomic E-state index is 14.0. The lowest BCUT2D eigenvalue weighted by atomic mass is 10.2. The molecule has 0 unspecified atom stereocenters. The fourth-order valence-corrected chi connectivity index (χ4v) is 7.58. The molecular weight excluding hydrogens is 779 g/mol. The highest BCUT2D eigenvalue weighted by Gasteiger charge is 2.35. The van der Waals surface area contributed by atoms with Gasteiger partial charge in [-0.3, -0.25) is 9.97 Å². The molecule has 6 rings (SSSR count). The summed E-state index contributed by atoms with van der Waals surface area (Å²) in [5.74, 6) is -0.606. The summed E-state index contributed by atoms with van der Waals surface area (Å²) in [6.07, 6.45) is 6.71. The van der Waals surface area contributed by atoms with E-state index in [1.54, 1.807) is 36.7 Å². The summed E-state index contributed by atoms with van der Waals surface area (Å²) in [4.78, 5) is 32.7. The number of halogens is 2. The topological polar surface area (TPSA) is 222 Å². The van der Waals surface area contributed by atoms with Gasteiger partial charge in [-0.2, -0.15) is 39.0 Å². The second-order valence-electron chi connectivity index (χ2n) is 12.2. The summed E-state index contributed by atoms with van der Waals surface area (Å²) in [5.41, 5.74) is 7.01. The van der Waals surface area contributed by atoms with Gasteiger partial charge in [0.2, 0.25) is 6.08 Å². The average Bonchev–Trinajstić information content (AvgIpc) is 3.11. The summed E-state index contributed by atoms with van der Waals surface area (Å²) < 4.78 is 90.6. The number of aromatic nitrogens is 2. The lowest BCUT2D eigenvalue weighted by molar-refractivity contribution is 0.133. The van der Waals surface area contributed by atoms with Gasteiger partial charge in [0.05, 0.1) is 49.9 Å². The predicted octanol–water partition coefficient (Wildman–Crippen LogP) is 3.06. The van der Waals surface area contributed by atoms with E-state index in [2.05, 4.69) is 25.6 Å². The zero-order valence-corrected chi connectivity index (χ0v) is 32.2. The van der Waals surface area contributed by atoms with Crippen molar-refractivity contribution in [1.29, 1.82) is 0 Å². The Labute approximate surface area is 322 Å². The Morgan fingerprint density at radius 1 is 0.750 bits per heavy atom. The largest absolute Gasteiger partial charge is 0.487 e. The summed E-state index contributed by atoms with van der Waals surface area (Å²) in [6.45, 7) is 0.688. The SMILES string of the molecule is CN1CC(Oc2cc(F)cc(NC(=O)Nc3cccnc3)c2)CN(C)S1(=O)=O.CN1CC(Oc2cc(N)cc(F)c2)CN(C)S1(=O)=O.O=C=Nc1cccnc1. The van der Waals surface area contributed by atoms with Crippen molar-refractivity contribution in [2.75, 3.05) is 70.7 Å². The van der Waals surface area contributed by atoms with Crippen molar-refractivity contribution < 1.29 is 44.7 Å². The standard InChI is InChI=1S/C17H20FN5O4S.C11H16FN3O3S.C6H4N2O/c1-22-10-16(11-23(2)28(22,25)26)27-15-7-12(18)6-14(8-15)21-17(24)20-13-4-3-5-19-9-13;1-14-6-11(7-15(2)19(14,16)17)18-10-4-8(12)3-9(13)5-10;9-5-8-6-2-1-3-7-4-6/h3-9,16H,10-11H2,1-2H3,(H2,20,21,24);3-5,11H,6-7,13H2,1-2H3;1-4H. The number of likely N-dealkylation sites (N-methyl/N-ethyl adjacent to an activating group) is 4. The number of hydrogen-bond acceptors (Lipinski definition) is 12. The van der Waals surface area contributed by atoms with Crippen LogP contribution in [0.25, 0.3) is 0 Å². The third kappa shape index (κ3) is 12.5. The summed E-state index contributed by atoms with van der Waals surface area (Å²) in [5, 5.41) is 5.10. The van der Waals surface area contributed by atoms with E-state index in [1.807, 2.05) is 0 Å². The number of rotatable bonds is 7. The summed E-state index contributed by atoms with van der Waals surface area (Å²) in [7, 11) is -1.04. The van der Waals surface area contributed by atoms with Gasteiger partial charge in [0.25, 0.3) is 20.4 Å². The number of anilines is 3. The number of aliphatic imine (C=N–C) groups is 1. The van der Waals surface area contributed by atoms with Crippen LogP contribution in [0.1, 0.15) is 0 Å². The number of pyridine rings is 2. The van der Waals surface area contributed by atoms with E-state index in [-0.39, 0.29) is 49.4 Å². The van der Waals surface area contributed by atoms with Crippen LogP contribution in [0.3, 0.4) is 0 Å². The van der Waals surface area contributed by atoms with Gasteiger partial charge in [-0.15, -0.1) is 0 Å². The number of hydrogen-bond donors (Lipinski definition) is 3. The molecular formula is C34H40F2N10O8S2. The number of nitrogens with zero attached hydrogens (tertiary/aromatic N) is 7. The maximum atomic E-state index is 14.0. The molecule has 0 bridgehead atoms. The van der Waals surface area contributed by atoms with E-state index >= 15 is 0 Å². The first-order valence-corrected chi connectivity index (χ1v) is 19.3. The van der Waals surface area contributed by atoms with Crippen LogP contribution < -0.4 is 25.8 Å². The Morgan fingerprint density at radius 2 is 1.23 bits per heavy atom. The third-order valence-electron chi connectivity index (χ3n) is 7.79. The molecule has 2 aromatic heterocycles. The normalized spacial score (nSPS) is 17.5. The maximum Gasteiger partial charge on any atom is 0.323 e. The first kappa shape index (κ1) is 43.1. The second kappa shape index (κ2) is 19.3. The van der Waals surface area contributed by atoms with E-state index in [0.717, 1.165) is 6.07 Å². The van der Waals surface area contributed by atoms with Gasteiger partial charge < -0.3 is 25.8 Å². The van der Waals surface area contributed by atoms with Crippen LogP contribution in [-0.4, -0.2) is 123 Å². The lowest BCUT2D eigenvalue weighted by Gasteiger charge is -2.35. The van der Waals surface area contributed by atoms with E-state index < -0.39 is 44.2 Å². The molecule has 2 saturated heterocycles. The number of urea groups is 1. The molecule has 2 fully saturated rings. The minimum atomic E-state index is -3.49. The van der Waals surface area contributed by atoms with Gasteiger partial charge in [0, 0.05) is 76.2 Å². The van der Waals surface area contributed by atoms with Crippen LogP contribution in [0.2, 0.25) is 0 Å². The Bertz CT molecular complexity index is 2170. The quantitative estimate of drug-likeness (QED) is 0.140. The smallest absolute Gasteiger partial charge is 0.323 e. The fourth-order valence-electron chi connectivity index (χ4n) is 5.21. The van der Waals surface area contributed by atoms with Crippen LogP contribution in [-0.2, 0) is 25.2 Å². The molecule has 2 aliphatic heterocycles. The minimum absolute atomic E-state index is 0.132. The Hall–Kier alpha value is -5.61. The summed E-state index contributed by atoms with van der Waals surface area (Å²) in [6, 6.07) is 13.9. The molecule has 0 radical (unpaired) electrons. The number of ether oxygens (including phenoxy) is 2. The molecule has 18 nitrogen and oxygen atoms in total. The van der Waals surface area contributed by atoms with Gasteiger partial charge in [0.15, 0.2) is 0 Å². The van der Waals surface area contributed by atoms with Crippen molar-refractivity contribution in [1.82, 2.24) is 27.2 Å². The average molecular weight is 819 g/mol. The van der Waals surface area contributed by atoms with Crippen molar-refractivity contribution in [3.8, 4) is 11.5 Å². The number of nitrogens with two attached hydrogens (primary N) is 1. The second-order valence-corrected chi connectivity index (χ2v) is 16.5. The van der Waals surface area contributed by atoms with Crippen molar-refractivity contribution in [3.05, 3.63) is 97.1 Å². The molecule has 56 heavy (non-hydrogen) atoms. The fraction of sp³-hybridized carbons (Fsp3) is 0.294. The number of isocyanates is 1. The zero-order chi connectivity index (χ0) is 41.0. The molecule has 22 heteroatoms. The van der Waals surface area contributed by atoms with Crippen molar-refractivity contribution >= 4 is 55.3 Å². The molecule has 0 atom stereocenters. The Kier molecular flexibility index (Phi) is 14.9. The Balaban J connectivity index is 0.000000213. The van der Waals surface area contributed by atoms with Crippen molar-refractivity contribution in [2.45, 2.75) is 12.2 Å². The lowest BCUT2D eigenvalue weighted by Crippen LogP contribution is -2.54. The van der Waals surface area contributed by atoms with Crippen LogP contribution in [0.5, 0.6) is 11.5 Å². The number of carbonyl (C=O) groups is 1. The molecule has 4 heterocycles. The molecule has 2 aliphatic rings. The number of nitrogens with one attached hydrogen (secondary N) is 2. The third-order valence-corrected chi connectivity index (χ3v) is 11.5. The molecule has 2 aromatic carbocycles. The minimum Gasteiger partial charge on any atom is -0.487 e. The molecule has 300 valence electrons. The summed E-state index contributed by atoms with van der Waals surface area (Å²) >= 11 is 0. The molecule has 4 aromatic rings. The highest BCUT2D eigenvalue weighted by molar-refractivity contribution is 7.87. The molecule has 0 aliphatic carbocycles. The monoisotopic (exact) mass is 818 g/mol. The molecule has 0 saturated carbocycles. The van der Waals surface area contributed by atoms with Crippen LogP contribution in [0.15, 0.2) is 90.4 Å². The van der Waals surface area contributed by atoms with Gasteiger partial charge >= 0.3 is 6.03 Å². The van der Waals surface area contributed by atoms with Crippen LogP contribution in [0, 0.1) is 11.6 Å². The van der Waals surface area contributed by atoms with Crippen molar-refractivity contribution in [2.24, 2.45) is 4.99 Å². The van der Waals surface area contributed by atoms with Gasteiger partial charge in [0.1, 0.15) is 35.3 Å². The first-order chi connectivity index (χ1) is 26.5. The van der Waals surface area contributed by atoms with Crippen LogP contribution in [0.4, 0.5) is 36.3 Å².